The van der Waals surface area contributed by atoms with E-state index >= 15 is 0 Å². The quantitative estimate of drug-likeness (QED) is 0.682. The lowest BCUT2D eigenvalue weighted by atomic mass is 9.96. The van der Waals surface area contributed by atoms with Crippen LogP contribution in [0.15, 0.2) is 23.1 Å². The Morgan fingerprint density at radius 1 is 1.38 bits per heavy atom. The zero-order valence-electron chi connectivity index (χ0n) is 12.1. The molecule has 1 rings (SSSR count). The van der Waals surface area contributed by atoms with Gasteiger partial charge in [0.2, 0.25) is 10.0 Å². The molecule has 3 N–H and O–H groups in total. The molecule has 0 aliphatic heterocycles. The highest BCUT2D eigenvalue weighted by molar-refractivity contribution is 7.89. The lowest BCUT2D eigenvalue weighted by Gasteiger charge is -2.22. The van der Waals surface area contributed by atoms with Gasteiger partial charge in [-0.05, 0) is 18.2 Å². The molecule has 21 heavy (non-hydrogen) atoms. The zero-order valence-corrected chi connectivity index (χ0v) is 12.9. The van der Waals surface area contributed by atoms with Crippen LogP contribution in [-0.4, -0.2) is 44.9 Å². The minimum atomic E-state index is -3.95. The van der Waals surface area contributed by atoms with Crippen LogP contribution in [0, 0.1) is 5.41 Å². The van der Waals surface area contributed by atoms with Crippen molar-refractivity contribution >= 4 is 16.0 Å². The Kier molecular flexibility index (Phi) is 5.32. The summed E-state index contributed by atoms with van der Waals surface area (Å²) in [6, 6.07) is 3.59. The Bertz CT molecular complexity index is 624. The normalized spacial score (nSPS) is 12.2. The number of ether oxygens (including phenoxy) is 1. The summed E-state index contributed by atoms with van der Waals surface area (Å²) in [7, 11) is -2.65. The van der Waals surface area contributed by atoms with Gasteiger partial charge in [-0.25, -0.2) is 17.9 Å². The van der Waals surface area contributed by atoms with Gasteiger partial charge < -0.3 is 14.9 Å². The third-order valence-corrected chi connectivity index (χ3v) is 4.29. The number of aromatic carboxylic acids is 1. The number of carboxylic acids is 1. The van der Waals surface area contributed by atoms with Crippen LogP contribution in [0.2, 0.25) is 0 Å². The zero-order chi connectivity index (χ0) is 16.3. The molecule has 0 spiro atoms. The summed E-state index contributed by atoms with van der Waals surface area (Å²) in [5, 5.41) is 18.1. The second kappa shape index (κ2) is 6.42. The van der Waals surface area contributed by atoms with Gasteiger partial charge in [0.05, 0.1) is 12.7 Å². The van der Waals surface area contributed by atoms with E-state index in [0.717, 1.165) is 6.07 Å². The minimum absolute atomic E-state index is 0.00624. The molecular formula is C13H19NO6S. The maximum absolute atomic E-state index is 12.3. The smallest absolute Gasteiger partial charge is 0.335 e. The number of nitrogens with one attached hydrogen (secondary N) is 1. The largest absolute Gasteiger partial charge is 0.495 e. The number of sulfonamides is 1. The molecule has 1 aromatic carbocycles. The second-order valence-electron chi connectivity index (χ2n) is 5.32. The van der Waals surface area contributed by atoms with Gasteiger partial charge in [-0.2, -0.15) is 0 Å². The topological polar surface area (TPSA) is 113 Å². The summed E-state index contributed by atoms with van der Waals surface area (Å²) in [6.07, 6.45) is 0. The number of rotatable bonds is 7. The maximum atomic E-state index is 12.3. The number of benzene rings is 1. The van der Waals surface area contributed by atoms with E-state index in [4.69, 9.17) is 14.9 Å². The van der Waals surface area contributed by atoms with Crippen LogP contribution < -0.4 is 9.46 Å². The van der Waals surface area contributed by atoms with Gasteiger partial charge >= 0.3 is 5.97 Å². The van der Waals surface area contributed by atoms with Crippen molar-refractivity contribution in [3.63, 3.8) is 0 Å². The molecule has 0 aliphatic carbocycles. The van der Waals surface area contributed by atoms with Crippen molar-refractivity contribution in [2.75, 3.05) is 20.3 Å². The van der Waals surface area contributed by atoms with E-state index < -0.39 is 21.4 Å². The van der Waals surface area contributed by atoms with Crippen molar-refractivity contribution in [1.82, 2.24) is 4.72 Å². The summed E-state index contributed by atoms with van der Waals surface area (Å²) in [6.45, 7) is 3.20. The molecule has 0 fully saturated rings. The van der Waals surface area contributed by atoms with E-state index in [1.54, 1.807) is 13.8 Å². The lowest BCUT2D eigenvalue weighted by molar-refractivity contribution is 0.0696. The van der Waals surface area contributed by atoms with Gasteiger partial charge in [-0.1, -0.05) is 13.8 Å². The fourth-order valence-electron chi connectivity index (χ4n) is 1.44. The Hall–Kier alpha value is -1.64. The lowest BCUT2D eigenvalue weighted by Crippen LogP contribution is -2.36. The van der Waals surface area contributed by atoms with Crippen LogP contribution in [0.4, 0.5) is 0 Å². The van der Waals surface area contributed by atoms with Crippen LogP contribution >= 0.6 is 0 Å². The van der Waals surface area contributed by atoms with Crippen molar-refractivity contribution < 1.29 is 28.2 Å². The SMILES string of the molecule is COc1ccc(C(=O)O)cc1S(=O)(=O)NCC(C)(C)CO. The summed E-state index contributed by atoms with van der Waals surface area (Å²) in [5.41, 5.74) is -0.789. The van der Waals surface area contributed by atoms with Crippen molar-refractivity contribution in [1.29, 1.82) is 0 Å². The van der Waals surface area contributed by atoms with E-state index in [1.807, 2.05) is 0 Å². The minimum Gasteiger partial charge on any atom is -0.495 e. The molecule has 0 aromatic heterocycles. The second-order valence-corrected chi connectivity index (χ2v) is 7.05. The fourth-order valence-corrected chi connectivity index (χ4v) is 2.88. The summed E-state index contributed by atoms with van der Waals surface area (Å²) in [4.78, 5) is 10.7. The molecule has 118 valence electrons. The first-order valence-electron chi connectivity index (χ1n) is 6.15. The Morgan fingerprint density at radius 2 is 2.00 bits per heavy atom. The highest BCUT2D eigenvalue weighted by atomic mass is 32.2. The molecule has 7 nitrogen and oxygen atoms in total. The Morgan fingerprint density at radius 3 is 2.48 bits per heavy atom. The summed E-state index contributed by atoms with van der Waals surface area (Å²) in [5.74, 6) is -1.18. The fraction of sp³-hybridized carbons (Fsp3) is 0.462. The van der Waals surface area contributed by atoms with Gasteiger partial charge in [0.25, 0.3) is 0 Å². The molecule has 0 unspecified atom stereocenters. The molecule has 0 saturated carbocycles. The Labute approximate surface area is 123 Å². The predicted octanol–water partition coefficient (Wildman–Crippen LogP) is 0.690. The number of aliphatic hydroxyl groups excluding tert-OH is 1. The maximum Gasteiger partial charge on any atom is 0.335 e. The van der Waals surface area contributed by atoms with E-state index in [1.165, 1.54) is 19.2 Å². The first kappa shape index (κ1) is 17.4. The molecule has 1 aromatic rings. The van der Waals surface area contributed by atoms with E-state index in [-0.39, 0.29) is 29.4 Å². The summed E-state index contributed by atoms with van der Waals surface area (Å²) >= 11 is 0. The van der Waals surface area contributed by atoms with Crippen molar-refractivity contribution in [3.8, 4) is 5.75 Å². The highest BCUT2D eigenvalue weighted by Gasteiger charge is 2.25. The molecule has 0 amide bonds. The van der Waals surface area contributed by atoms with E-state index in [0.29, 0.717) is 0 Å². The van der Waals surface area contributed by atoms with Gasteiger partial charge in [0.15, 0.2) is 0 Å². The average Bonchev–Trinajstić information content (AvgIpc) is 2.44. The van der Waals surface area contributed by atoms with Gasteiger partial charge in [-0.15, -0.1) is 0 Å². The van der Waals surface area contributed by atoms with Crippen molar-refractivity contribution in [2.45, 2.75) is 18.7 Å². The number of aliphatic hydroxyl groups is 1. The van der Waals surface area contributed by atoms with Crippen LogP contribution in [-0.2, 0) is 10.0 Å². The molecule has 0 atom stereocenters. The number of carbonyl (C=O) groups is 1. The van der Waals surface area contributed by atoms with Crippen molar-refractivity contribution in [2.24, 2.45) is 5.41 Å². The molecule has 8 heteroatoms. The van der Waals surface area contributed by atoms with E-state index in [2.05, 4.69) is 4.72 Å². The third kappa shape index (κ3) is 4.42. The van der Waals surface area contributed by atoms with Crippen LogP contribution in [0.3, 0.4) is 0 Å². The molecule has 0 radical (unpaired) electrons. The number of carboxylic acid groups (broad SMARTS) is 1. The standard InChI is InChI=1S/C13H19NO6S/c1-13(2,8-15)7-14-21(18,19)11-6-9(12(16)17)4-5-10(11)20-3/h4-6,14-15H,7-8H2,1-3H3,(H,16,17). The van der Waals surface area contributed by atoms with Crippen LogP contribution in [0.25, 0.3) is 0 Å². The molecular weight excluding hydrogens is 298 g/mol. The molecule has 0 heterocycles. The third-order valence-electron chi connectivity index (χ3n) is 2.87. The average molecular weight is 317 g/mol. The van der Waals surface area contributed by atoms with E-state index in [9.17, 15) is 13.2 Å². The van der Waals surface area contributed by atoms with Gasteiger partial charge in [-0.3, -0.25) is 0 Å². The first-order valence-corrected chi connectivity index (χ1v) is 7.63. The van der Waals surface area contributed by atoms with Crippen LogP contribution in [0.5, 0.6) is 5.75 Å². The summed E-state index contributed by atoms with van der Waals surface area (Å²) < 4.78 is 31.9. The molecule has 0 bridgehead atoms. The number of methoxy groups -OCH3 is 1. The predicted molar refractivity (Wildman–Crippen MR) is 76.0 cm³/mol. The number of hydrogen-bond acceptors (Lipinski definition) is 5. The first-order chi connectivity index (χ1) is 9.63. The van der Waals surface area contributed by atoms with Gasteiger partial charge in [0.1, 0.15) is 10.6 Å². The Balaban J connectivity index is 3.17. The highest BCUT2D eigenvalue weighted by Crippen LogP contribution is 2.25. The van der Waals surface area contributed by atoms with Gasteiger partial charge in [0, 0.05) is 18.6 Å². The monoisotopic (exact) mass is 317 g/mol. The molecule has 0 saturated heterocycles. The van der Waals surface area contributed by atoms with Crippen LogP contribution in [0.1, 0.15) is 24.2 Å². The molecule has 0 aliphatic rings. The number of hydrogen-bond donors (Lipinski definition) is 3. The van der Waals surface area contributed by atoms with Crippen molar-refractivity contribution in [3.05, 3.63) is 23.8 Å².